The van der Waals surface area contributed by atoms with E-state index in [9.17, 15) is 4.79 Å². The summed E-state index contributed by atoms with van der Waals surface area (Å²) in [6.07, 6.45) is 5.69. The van der Waals surface area contributed by atoms with Gasteiger partial charge in [0.15, 0.2) is 0 Å². The number of amides is 1. The molecule has 0 aromatic carbocycles. The second kappa shape index (κ2) is 5.77. The molecule has 0 aliphatic carbocycles. The summed E-state index contributed by atoms with van der Waals surface area (Å²) in [6, 6.07) is 2.03. The Morgan fingerprint density at radius 2 is 2.39 bits per heavy atom. The predicted octanol–water partition coefficient (Wildman–Crippen LogP) is 0.317. The zero-order chi connectivity index (χ0) is 15.8. The van der Waals surface area contributed by atoms with Gasteiger partial charge in [-0.1, -0.05) is 5.21 Å². The number of ether oxygens (including phenoxy) is 1. The average molecular weight is 316 g/mol. The Kier molecular flexibility index (Phi) is 3.60. The highest BCUT2D eigenvalue weighted by atomic mass is 16.5. The Bertz CT molecular complexity index is 708. The Hall–Kier alpha value is -2.22. The fourth-order valence-corrected chi connectivity index (χ4v) is 3.45. The first kappa shape index (κ1) is 14.4. The number of carbonyl (C=O) groups excluding carboxylic acids is 1. The highest BCUT2D eigenvalue weighted by molar-refractivity contribution is 5.76. The standard InChI is InChI=1S/C15H20N6O2/c1-19-11(4-6-17-19)2-3-15(22)20-7-5-14-13(9-20)21-12(10-23-14)8-16-18-21/h4,6,8,13-14H,2-3,5,7,9-10H2,1H3/t13-,14-/m0/s1. The van der Waals surface area contributed by atoms with Crippen molar-refractivity contribution in [1.29, 1.82) is 0 Å². The number of rotatable bonds is 3. The van der Waals surface area contributed by atoms with Crippen LogP contribution in [-0.2, 0) is 29.6 Å². The molecule has 4 heterocycles. The third kappa shape index (κ3) is 2.63. The van der Waals surface area contributed by atoms with Crippen molar-refractivity contribution in [2.75, 3.05) is 13.1 Å². The largest absolute Gasteiger partial charge is 0.370 e. The minimum absolute atomic E-state index is 0.0793. The summed E-state index contributed by atoms with van der Waals surface area (Å²) >= 11 is 0. The normalized spacial score (nSPS) is 23.4. The number of fused-ring (bicyclic) bond motifs is 3. The number of piperidine rings is 1. The first-order valence-electron chi connectivity index (χ1n) is 7.97. The van der Waals surface area contributed by atoms with Crippen LogP contribution in [-0.4, -0.2) is 54.8 Å². The van der Waals surface area contributed by atoms with Crippen molar-refractivity contribution in [3.05, 3.63) is 29.8 Å². The smallest absolute Gasteiger partial charge is 0.223 e. The van der Waals surface area contributed by atoms with E-state index in [1.165, 1.54) is 0 Å². The molecule has 8 heteroatoms. The Morgan fingerprint density at radius 1 is 1.48 bits per heavy atom. The van der Waals surface area contributed by atoms with Crippen molar-refractivity contribution < 1.29 is 9.53 Å². The Morgan fingerprint density at radius 3 is 3.22 bits per heavy atom. The predicted molar refractivity (Wildman–Crippen MR) is 80.4 cm³/mol. The monoisotopic (exact) mass is 316 g/mol. The van der Waals surface area contributed by atoms with Crippen molar-refractivity contribution >= 4 is 5.91 Å². The van der Waals surface area contributed by atoms with Crippen LogP contribution in [0.3, 0.4) is 0 Å². The number of likely N-dealkylation sites (tertiary alicyclic amines) is 1. The van der Waals surface area contributed by atoms with Crippen LogP contribution in [0, 0.1) is 0 Å². The van der Waals surface area contributed by atoms with Gasteiger partial charge in [0.05, 0.1) is 30.6 Å². The van der Waals surface area contributed by atoms with E-state index in [0.29, 0.717) is 26.0 Å². The minimum Gasteiger partial charge on any atom is -0.370 e. The lowest BCUT2D eigenvalue weighted by Gasteiger charge is -2.41. The van der Waals surface area contributed by atoms with Crippen molar-refractivity contribution in [2.45, 2.75) is 38.0 Å². The maximum atomic E-state index is 12.5. The van der Waals surface area contributed by atoms with Crippen LogP contribution in [0.2, 0.25) is 0 Å². The summed E-state index contributed by atoms with van der Waals surface area (Å²) < 4.78 is 9.62. The van der Waals surface area contributed by atoms with Gasteiger partial charge in [-0.05, 0) is 18.9 Å². The molecule has 0 spiro atoms. The molecular weight excluding hydrogens is 296 g/mol. The molecular formula is C15H20N6O2. The third-order valence-electron chi connectivity index (χ3n) is 4.80. The van der Waals surface area contributed by atoms with Crippen molar-refractivity contribution in [3.8, 4) is 0 Å². The molecule has 0 radical (unpaired) electrons. The lowest BCUT2D eigenvalue weighted by Crippen LogP contribution is -2.50. The van der Waals surface area contributed by atoms with Gasteiger partial charge < -0.3 is 9.64 Å². The summed E-state index contributed by atoms with van der Waals surface area (Å²) in [7, 11) is 1.90. The molecule has 2 aromatic rings. The molecule has 8 nitrogen and oxygen atoms in total. The fourth-order valence-electron chi connectivity index (χ4n) is 3.45. The van der Waals surface area contributed by atoms with Crippen LogP contribution in [0.1, 0.15) is 30.3 Å². The van der Waals surface area contributed by atoms with Gasteiger partial charge in [-0.15, -0.1) is 5.10 Å². The molecule has 2 atom stereocenters. The van der Waals surface area contributed by atoms with Gasteiger partial charge in [-0.25, -0.2) is 4.68 Å². The van der Waals surface area contributed by atoms with E-state index in [1.54, 1.807) is 12.4 Å². The van der Waals surface area contributed by atoms with E-state index in [0.717, 1.165) is 24.4 Å². The van der Waals surface area contributed by atoms with Gasteiger partial charge in [0.2, 0.25) is 5.91 Å². The van der Waals surface area contributed by atoms with E-state index < -0.39 is 0 Å². The fraction of sp³-hybridized carbons (Fsp3) is 0.600. The SMILES string of the molecule is Cn1nccc1CCC(=O)N1CC[C@@H]2OCc3cnnn3[C@H]2C1. The Balaban J connectivity index is 1.41. The van der Waals surface area contributed by atoms with Crippen molar-refractivity contribution in [2.24, 2.45) is 7.05 Å². The molecule has 1 amide bonds. The number of aromatic nitrogens is 5. The van der Waals surface area contributed by atoms with Crippen LogP contribution in [0.5, 0.6) is 0 Å². The molecule has 2 aromatic heterocycles. The summed E-state index contributed by atoms with van der Waals surface area (Å²) in [5.74, 6) is 0.178. The molecule has 1 saturated heterocycles. The molecule has 0 unspecified atom stereocenters. The van der Waals surface area contributed by atoms with E-state index in [-0.39, 0.29) is 18.1 Å². The maximum Gasteiger partial charge on any atom is 0.223 e. The average Bonchev–Trinajstić information content (AvgIpc) is 3.20. The summed E-state index contributed by atoms with van der Waals surface area (Å²) in [6.45, 7) is 1.95. The quantitative estimate of drug-likeness (QED) is 0.815. The lowest BCUT2D eigenvalue weighted by atomic mass is 10.00. The molecule has 4 rings (SSSR count). The highest BCUT2D eigenvalue weighted by Crippen LogP contribution is 2.30. The first-order chi connectivity index (χ1) is 11.2. The number of hydrogen-bond donors (Lipinski definition) is 0. The second-order valence-corrected chi connectivity index (χ2v) is 6.16. The molecule has 2 aliphatic rings. The van der Waals surface area contributed by atoms with Crippen molar-refractivity contribution in [1.82, 2.24) is 29.7 Å². The zero-order valence-corrected chi connectivity index (χ0v) is 13.1. The van der Waals surface area contributed by atoms with Gasteiger partial charge in [-0.3, -0.25) is 9.48 Å². The summed E-state index contributed by atoms with van der Waals surface area (Å²) in [5, 5.41) is 12.3. The molecule has 2 aliphatic heterocycles. The number of carbonyl (C=O) groups is 1. The summed E-state index contributed by atoms with van der Waals surface area (Å²) in [5.41, 5.74) is 2.06. The minimum atomic E-state index is 0.0793. The van der Waals surface area contributed by atoms with Gasteiger partial charge in [-0.2, -0.15) is 5.10 Å². The van der Waals surface area contributed by atoms with Gasteiger partial charge >= 0.3 is 0 Å². The van der Waals surface area contributed by atoms with E-state index >= 15 is 0 Å². The molecule has 1 fully saturated rings. The third-order valence-corrected chi connectivity index (χ3v) is 4.80. The summed E-state index contributed by atoms with van der Waals surface area (Å²) in [4.78, 5) is 14.5. The van der Waals surface area contributed by atoms with Crippen LogP contribution in [0.25, 0.3) is 0 Å². The molecule has 0 N–H and O–H groups in total. The van der Waals surface area contributed by atoms with Gasteiger partial charge in [0.25, 0.3) is 0 Å². The van der Waals surface area contributed by atoms with E-state index in [2.05, 4.69) is 15.4 Å². The van der Waals surface area contributed by atoms with Gasteiger partial charge in [0.1, 0.15) is 0 Å². The van der Waals surface area contributed by atoms with E-state index in [1.807, 2.05) is 27.4 Å². The molecule has 23 heavy (non-hydrogen) atoms. The molecule has 122 valence electrons. The highest BCUT2D eigenvalue weighted by Gasteiger charge is 2.37. The second-order valence-electron chi connectivity index (χ2n) is 6.16. The van der Waals surface area contributed by atoms with Crippen molar-refractivity contribution in [3.63, 3.8) is 0 Å². The lowest BCUT2D eigenvalue weighted by molar-refractivity contribution is -0.138. The van der Waals surface area contributed by atoms with Crippen LogP contribution in [0.4, 0.5) is 0 Å². The Labute approximate surface area is 134 Å². The number of aryl methyl sites for hydroxylation is 2. The van der Waals surface area contributed by atoms with Crippen LogP contribution < -0.4 is 0 Å². The maximum absolute atomic E-state index is 12.5. The molecule has 0 bridgehead atoms. The van der Waals surface area contributed by atoms with E-state index in [4.69, 9.17) is 4.74 Å². The van der Waals surface area contributed by atoms with Crippen LogP contribution in [0.15, 0.2) is 18.5 Å². The number of nitrogens with zero attached hydrogens (tertiary/aromatic N) is 6. The molecule has 0 saturated carbocycles. The zero-order valence-electron chi connectivity index (χ0n) is 13.1. The van der Waals surface area contributed by atoms with Crippen LogP contribution >= 0.6 is 0 Å². The van der Waals surface area contributed by atoms with Gasteiger partial charge in [0, 0.05) is 38.4 Å². The number of hydrogen-bond acceptors (Lipinski definition) is 5. The first-order valence-corrected chi connectivity index (χ1v) is 7.97. The topological polar surface area (TPSA) is 78.1 Å².